The smallest absolute Gasteiger partial charge is 0.407 e. The normalized spacial score (nSPS) is 17.2. The standard InChI is InChI=1S/C24H34N2O3/c1-4-29-23(27)25-18-24(19(2)3,12-13-26-14-16-28-17-15-26)22-11-7-9-20-8-5-6-10-21(20)22/h5-11,19H,4,12-18H2,1-3H3,(H,25,27). The van der Waals surface area contributed by atoms with Crippen molar-refractivity contribution < 1.29 is 14.3 Å². The van der Waals surface area contributed by atoms with Crippen LogP contribution in [0, 0.1) is 5.92 Å². The lowest BCUT2D eigenvalue weighted by atomic mass is 9.67. The molecule has 2 aromatic carbocycles. The first kappa shape index (κ1) is 21.6. The van der Waals surface area contributed by atoms with Crippen molar-refractivity contribution in [3.05, 3.63) is 48.0 Å². The number of benzene rings is 2. The number of carbonyl (C=O) groups excluding carboxylic acids is 1. The Balaban J connectivity index is 1.96. The first-order valence-electron chi connectivity index (χ1n) is 10.8. The minimum absolute atomic E-state index is 0.189. The Kier molecular flexibility index (Phi) is 7.51. The fraction of sp³-hybridized carbons (Fsp3) is 0.542. The van der Waals surface area contributed by atoms with E-state index in [1.54, 1.807) is 0 Å². The van der Waals surface area contributed by atoms with Crippen molar-refractivity contribution in [2.75, 3.05) is 46.0 Å². The molecule has 0 aromatic heterocycles. The summed E-state index contributed by atoms with van der Waals surface area (Å²) in [6.45, 7) is 11.8. The molecule has 5 nitrogen and oxygen atoms in total. The number of hydrogen-bond donors (Lipinski definition) is 1. The van der Waals surface area contributed by atoms with Gasteiger partial charge in [0.1, 0.15) is 0 Å². The van der Waals surface area contributed by atoms with Crippen molar-refractivity contribution in [3.63, 3.8) is 0 Å². The third-order valence-electron chi connectivity index (χ3n) is 6.23. The molecule has 2 aromatic rings. The average molecular weight is 399 g/mol. The number of fused-ring (bicyclic) bond motifs is 1. The first-order valence-corrected chi connectivity index (χ1v) is 10.8. The van der Waals surface area contributed by atoms with Crippen LogP contribution in [0.25, 0.3) is 10.8 Å². The molecular formula is C24H34N2O3. The van der Waals surface area contributed by atoms with Gasteiger partial charge in [-0.05, 0) is 42.1 Å². The molecule has 3 rings (SSSR count). The summed E-state index contributed by atoms with van der Waals surface area (Å²) in [5, 5.41) is 5.55. The monoisotopic (exact) mass is 398 g/mol. The maximum absolute atomic E-state index is 12.2. The number of morpholine rings is 1. The Morgan fingerprint density at radius 1 is 1.17 bits per heavy atom. The van der Waals surface area contributed by atoms with Gasteiger partial charge in [0.25, 0.3) is 0 Å². The lowest BCUT2D eigenvalue weighted by Gasteiger charge is -2.41. The SMILES string of the molecule is CCOC(=O)NCC(CCN1CCOCC1)(c1cccc2ccccc12)C(C)C. The van der Waals surface area contributed by atoms with Crippen molar-refractivity contribution in [2.24, 2.45) is 5.92 Å². The first-order chi connectivity index (χ1) is 14.1. The predicted octanol–water partition coefficient (Wildman–Crippen LogP) is 4.20. The van der Waals surface area contributed by atoms with Crippen LogP contribution in [0.3, 0.4) is 0 Å². The maximum atomic E-state index is 12.2. The molecule has 1 saturated heterocycles. The molecule has 158 valence electrons. The summed E-state index contributed by atoms with van der Waals surface area (Å²) in [7, 11) is 0. The van der Waals surface area contributed by atoms with E-state index >= 15 is 0 Å². The van der Waals surface area contributed by atoms with Crippen LogP contribution in [-0.2, 0) is 14.9 Å². The zero-order chi connectivity index (χ0) is 20.7. The van der Waals surface area contributed by atoms with Gasteiger partial charge in [0.2, 0.25) is 0 Å². The van der Waals surface area contributed by atoms with E-state index in [2.05, 4.69) is 66.5 Å². The highest BCUT2D eigenvalue weighted by Gasteiger charge is 2.37. The predicted molar refractivity (Wildman–Crippen MR) is 117 cm³/mol. The second-order valence-electron chi connectivity index (χ2n) is 8.12. The van der Waals surface area contributed by atoms with Gasteiger partial charge in [-0.2, -0.15) is 0 Å². The number of ether oxygens (including phenoxy) is 2. The van der Waals surface area contributed by atoms with Gasteiger partial charge >= 0.3 is 6.09 Å². The minimum atomic E-state index is -0.343. The fourth-order valence-electron chi connectivity index (χ4n) is 4.38. The molecule has 1 aliphatic heterocycles. The number of amides is 1. The summed E-state index contributed by atoms with van der Waals surface area (Å²) in [5.41, 5.74) is 1.11. The van der Waals surface area contributed by atoms with Crippen molar-refractivity contribution >= 4 is 16.9 Å². The molecule has 0 bridgehead atoms. The van der Waals surface area contributed by atoms with Gasteiger partial charge in [-0.15, -0.1) is 0 Å². The molecule has 0 spiro atoms. The van der Waals surface area contributed by atoms with Gasteiger partial charge in [0.15, 0.2) is 0 Å². The highest BCUT2D eigenvalue weighted by atomic mass is 16.5. The van der Waals surface area contributed by atoms with E-state index in [1.807, 2.05) is 6.92 Å². The van der Waals surface area contributed by atoms with Crippen molar-refractivity contribution in [1.29, 1.82) is 0 Å². The lowest BCUT2D eigenvalue weighted by molar-refractivity contribution is 0.0326. The summed E-state index contributed by atoms with van der Waals surface area (Å²) in [4.78, 5) is 14.6. The van der Waals surface area contributed by atoms with Crippen molar-refractivity contribution in [1.82, 2.24) is 10.2 Å². The molecule has 1 heterocycles. The summed E-state index contributed by atoms with van der Waals surface area (Å²) in [6, 6.07) is 15.0. The zero-order valence-corrected chi connectivity index (χ0v) is 17.9. The summed E-state index contributed by atoms with van der Waals surface area (Å²) < 4.78 is 10.7. The lowest BCUT2D eigenvalue weighted by Crippen LogP contribution is -2.48. The van der Waals surface area contributed by atoms with E-state index in [1.165, 1.54) is 16.3 Å². The molecule has 0 radical (unpaired) electrons. The van der Waals surface area contributed by atoms with Gasteiger partial charge in [-0.25, -0.2) is 4.79 Å². The molecular weight excluding hydrogens is 364 g/mol. The molecule has 1 N–H and O–H groups in total. The highest BCUT2D eigenvalue weighted by Crippen LogP contribution is 2.39. The highest BCUT2D eigenvalue weighted by molar-refractivity contribution is 5.86. The molecule has 29 heavy (non-hydrogen) atoms. The van der Waals surface area contributed by atoms with Gasteiger partial charge in [0, 0.05) is 25.0 Å². The number of carbonyl (C=O) groups is 1. The van der Waals surface area contributed by atoms with Crippen LogP contribution in [0.15, 0.2) is 42.5 Å². The van der Waals surface area contributed by atoms with Crippen molar-refractivity contribution in [2.45, 2.75) is 32.6 Å². The molecule has 0 saturated carbocycles. The Bertz CT molecular complexity index is 796. The van der Waals surface area contributed by atoms with Gasteiger partial charge in [-0.3, -0.25) is 4.90 Å². The molecule has 1 atom stereocenters. The van der Waals surface area contributed by atoms with E-state index in [9.17, 15) is 4.79 Å². The third kappa shape index (κ3) is 5.09. The van der Waals surface area contributed by atoms with Crippen LogP contribution in [0.4, 0.5) is 4.79 Å². The van der Waals surface area contributed by atoms with Crippen LogP contribution in [0.5, 0.6) is 0 Å². The van der Waals surface area contributed by atoms with E-state index < -0.39 is 0 Å². The quantitative estimate of drug-likeness (QED) is 0.724. The topological polar surface area (TPSA) is 50.8 Å². The molecule has 5 heteroatoms. The van der Waals surface area contributed by atoms with E-state index in [4.69, 9.17) is 9.47 Å². The second-order valence-corrected chi connectivity index (χ2v) is 8.12. The van der Waals surface area contributed by atoms with Crippen LogP contribution in [-0.4, -0.2) is 57.0 Å². The average Bonchev–Trinajstić information content (AvgIpc) is 2.74. The Hall–Kier alpha value is -2.11. The largest absolute Gasteiger partial charge is 0.450 e. The molecule has 1 fully saturated rings. The number of alkyl carbamates (subject to hydrolysis) is 1. The van der Waals surface area contributed by atoms with Crippen LogP contribution < -0.4 is 5.32 Å². The van der Waals surface area contributed by atoms with Crippen LogP contribution in [0.1, 0.15) is 32.8 Å². The Labute approximate surface area is 174 Å². The molecule has 1 aliphatic rings. The van der Waals surface area contributed by atoms with Gasteiger partial charge < -0.3 is 14.8 Å². The van der Waals surface area contributed by atoms with Crippen LogP contribution in [0.2, 0.25) is 0 Å². The number of nitrogens with zero attached hydrogens (tertiary/aromatic N) is 1. The molecule has 0 aliphatic carbocycles. The molecule has 1 amide bonds. The van der Waals surface area contributed by atoms with E-state index in [-0.39, 0.29) is 11.5 Å². The van der Waals surface area contributed by atoms with Gasteiger partial charge in [-0.1, -0.05) is 56.3 Å². The Morgan fingerprint density at radius 3 is 2.62 bits per heavy atom. The number of nitrogens with one attached hydrogen (secondary N) is 1. The maximum Gasteiger partial charge on any atom is 0.407 e. The zero-order valence-electron chi connectivity index (χ0n) is 17.9. The summed E-state index contributed by atoms with van der Waals surface area (Å²) >= 11 is 0. The van der Waals surface area contributed by atoms with Crippen molar-refractivity contribution in [3.8, 4) is 0 Å². The minimum Gasteiger partial charge on any atom is -0.450 e. The Morgan fingerprint density at radius 2 is 1.90 bits per heavy atom. The second kappa shape index (κ2) is 10.1. The van der Waals surface area contributed by atoms with E-state index in [0.717, 1.165) is 39.3 Å². The third-order valence-corrected chi connectivity index (χ3v) is 6.23. The summed E-state index contributed by atoms with van der Waals surface area (Å²) in [6.07, 6.45) is 0.620. The number of rotatable bonds is 8. The number of hydrogen-bond acceptors (Lipinski definition) is 4. The van der Waals surface area contributed by atoms with Crippen LogP contribution >= 0.6 is 0 Å². The fourth-order valence-corrected chi connectivity index (χ4v) is 4.38. The van der Waals surface area contributed by atoms with E-state index in [0.29, 0.717) is 19.1 Å². The van der Waals surface area contributed by atoms with Gasteiger partial charge in [0.05, 0.1) is 19.8 Å². The molecule has 1 unspecified atom stereocenters. The summed E-state index contributed by atoms with van der Waals surface area (Å²) in [5.74, 6) is 0.344.